The highest BCUT2D eigenvalue weighted by Crippen LogP contribution is 2.20. The highest BCUT2D eigenvalue weighted by Gasteiger charge is 2.18. The summed E-state index contributed by atoms with van der Waals surface area (Å²) < 4.78 is 9.21. The molecule has 0 bridgehead atoms. The Kier molecular flexibility index (Phi) is 4.57. The fourth-order valence-corrected chi connectivity index (χ4v) is 2.37. The molecule has 0 unspecified atom stereocenters. The number of hydrogen-bond donors (Lipinski definition) is 0. The lowest BCUT2D eigenvalue weighted by Gasteiger charge is -2.04. The van der Waals surface area contributed by atoms with Gasteiger partial charge in [0.2, 0.25) is 5.78 Å². The molecule has 19 heavy (non-hydrogen) atoms. The van der Waals surface area contributed by atoms with Crippen molar-refractivity contribution in [1.82, 2.24) is 14.6 Å². The van der Waals surface area contributed by atoms with Crippen LogP contribution in [0.3, 0.4) is 0 Å². The standard InChI is InChI=1S/C13H15N3O2S/c1-3-5-11-13(19-16-15-11)12(17)9-6-10(18-4-2)8-14-7-9/h6-8H,3-5H2,1-2H3. The number of aryl methyl sites for hydroxylation is 1. The van der Waals surface area contributed by atoms with E-state index in [-0.39, 0.29) is 5.78 Å². The van der Waals surface area contributed by atoms with E-state index in [1.165, 1.54) is 0 Å². The third-order valence-electron chi connectivity index (χ3n) is 2.54. The molecule has 0 N–H and O–H groups in total. The number of carbonyl (C=O) groups excluding carboxylic acids is 1. The van der Waals surface area contributed by atoms with E-state index in [0.29, 0.717) is 22.8 Å². The molecule has 100 valence electrons. The lowest BCUT2D eigenvalue weighted by Crippen LogP contribution is -2.04. The molecular weight excluding hydrogens is 262 g/mol. The number of ketones is 1. The smallest absolute Gasteiger partial charge is 0.208 e. The molecule has 0 atom stereocenters. The van der Waals surface area contributed by atoms with Crippen LogP contribution < -0.4 is 4.74 Å². The van der Waals surface area contributed by atoms with Gasteiger partial charge in [0.1, 0.15) is 10.6 Å². The largest absolute Gasteiger partial charge is 0.492 e. The van der Waals surface area contributed by atoms with Crippen molar-refractivity contribution in [2.45, 2.75) is 26.7 Å². The van der Waals surface area contributed by atoms with E-state index in [1.807, 2.05) is 13.8 Å². The van der Waals surface area contributed by atoms with Crippen LogP contribution in [-0.4, -0.2) is 27.0 Å². The SMILES string of the molecule is CCCc1nnsc1C(=O)c1cncc(OCC)c1. The molecule has 0 spiro atoms. The summed E-state index contributed by atoms with van der Waals surface area (Å²) in [5.41, 5.74) is 1.27. The van der Waals surface area contributed by atoms with Gasteiger partial charge in [-0.05, 0) is 30.9 Å². The summed E-state index contributed by atoms with van der Waals surface area (Å²) in [5.74, 6) is 0.510. The molecule has 0 aliphatic rings. The van der Waals surface area contributed by atoms with Crippen LogP contribution >= 0.6 is 11.5 Å². The molecule has 2 rings (SSSR count). The molecule has 0 amide bonds. The fourth-order valence-electron chi connectivity index (χ4n) is 1.70. The number of pyridine rings is 1. The van der Waals surface area contributed by atoms with Gasteiger partial charge in [0.25, 0.3) is 0 Å². The van der Waals surface area contributed by atoms with E-state index >= 15 is 0 Å². The summed E-state index contributed by atoms with van der Waals surface area (Å²) in [5, 5.41) is 4.01. The Morgan fingerprint density at radius 1 is 1.37 bits per heavy atom. The van der Waals surface area contributed by atoms with E-state index in [1.54, 1.807) is 18.5 Å². The average molecular weight is 277 g/mol. The minimum atomic E-state index is -0.0903. The van der Waals surface area contributed by atoms with E-state index < -0.39 is 0 Å². The average Bonchev–Trinajstić information content (AvgIpc) is 2.87. The van der Waals surface area contributed by atoms with Crippen LogP contribution in [0.25, 0.3) is 0 Å². The van der Waals surface area contributed by atoms with Gasteiger partial charge < -0.3 is 4.74 Å². The van der Waals surface area contributed by atoms with Gasteiger partial charge in [0, 0.05) is 11.8 Å². The molecule has 0 radical (unpaired) electrons. The van der Waals surface area contributed by atoms with Crippen molar-refractivity contribution in [3.8, 4) is 5.75 Å². The van der Waals surface area contributed by atoms with E-state index in [2.05, 4.69) is 14.6 Å². The molecule has 5 nitrogen and oxygen atoms in total. The van der Waals surface area contributed by atoms with Gasteiger partial charge in [0.05, 0.1) is 18.5 Å². The second kappa shape index (κ2) is 6.38. The van der Waals surface area contributed by atoms with Crippen LogP contribution in [0.1, 0.15) is 41.2 Å². The molecular formula is C13H15N3O2S. The number of carbonyl (C=O) groups is 1. The van der Waals surface area contributed by atoms with Crippen molar-refractivity contribution in [3.05, 3.63) is 34.6 Å². The predicted octanol–water partition coefficient (Wildman–Crippen LogP) is 2.52. The lowest BCUT2D eigenvalue weighted by molar-refractivity contribution is 0.104. The number of hydrogen-bond acceptors (Lipinski definition) is 6. The molecule has 0 fully saturated rings. The van der Waals surface area contributed by atoms with Crippen LogP contribution in [0.15, 0.2) is 18.5 Å². The van der Waals surface area contributed by atoms with Crippen LogP contribution in [0, 0.1) is 0 Å². The van der Waals surface area contributed by atoms with Crippen molar-refractivity contribution in [2.75, 3.05) is 6.61 Å². The van der Waals surface area contributed by atoms with Crippen molar-refractivity contribution < 1.29 is 9.53 Å². The molecule has 2 aromatic heterocycles. The Labute approximate surface area is 115 Å². The van der Waals surface area contributed by atoms with Gasteiger partial charge in [-0.25, -0.2) is 0 Å². The van der Waals surface area contributed by atoms with Gasteiger partial charge >= 0.3 is 0 Å². The Bertz CT molecular complexity index is 569. The molecule has 0 aliphatic heterocycles. The lowest BCUT2D eigenvalue weighted by atomic mass is 10.1. The number of ether oxygens (including phenoxy) is 1. The number of aromatic nitrogens is 3. The monoisotopic (exact) mass is 277 g/mol. The maximum Gasteiger partial charge on any atom is 0.208 e. The highest BCUT2D eigenvalue weighted by molar-refractivity contribution is 7.08. The molecule has 2 heterocycles. The third-order valence-corrected chi connectivity index (χ3v) is 3.30. The summed E-state index contributed by atoms with van der Waals surface area (Å²) in [6, 6.07) is 1.70. The van der Waals surface area contributed by atoms with Crippen LogP contribution in [0.2, 0.25) is 0 Å². The van der Waals surface area contributed by atoms with Crippen LogP contribution in [-0.2, 0) is 6.42 Å². The summed E-state index contributed by atoms with van der Waals surface area (Å²) in [6.07, 6.45) is 4.83. The first-order valence-corrected chi connectivity index (χ1v) is 6.97. The van der Waals surface area contributed by atoms with Gasteiger partial charge in [-0.15, -0.1) is 5.10 Å². The van der Waals surface area contributed by atoms with Crippen molar-refractivity contribution in [3.63, 3.8) is 0 Å². The quantitative estimate of drug-likeness (QED) is 0.759. The second-order valence-electron chi connectivity index (χ2n) is 3.97. The molecule has 6 heteroatoms. The first kappa shape index (κ1) is 13.6. The second-order valence-corrected chi connectivity index (χ2v) is 4.72. The summed E-state index contributed by atoms with van der Waals surface area (Å²) >= 11 is 1.13. The molecule has 0 aromatic carbocycles. The van der Waals surface area contributed by atoms with Gasteiger partial charge in [-0.2, -0.15) is 0 Å². The summed E-state index contributed by atoms with van der Waals surface area (Å²) in [4.78, 5) is 17.0. The van der Waals surface area contributed by atoms with Crippen LogP contribution in [0.5, 0.6) is 5.75 Å². The van der Waals surface area contributed by atoms with Gasteiger partial charge in [-0.3, -0.25) is 9.78 Å². The van der Waals surface area contributed by atoms with Crippen molar-refractivity contribution in [2.24, 2.45) is 0 Å². The predicted molar refractivity (Wildman–Crippen MR) is 72.7 cm³/mol. The zero-order valence-corrected chi connectivity index (χ0v) is 11.7. The fraction of sp³-hybridized carbons (Fsp3) is 0.385. The molecule has 2 aromatic rings. The number of rotatable bonds is 6. The highest BCUT2D eigenvalue weighted by atomic mass is 32.1. The Morgan fingerprint density at radius 3 is 2.95 bits per heavy atom. The first-order chi connectivity index (χ1) is 9.26. The Balaban J connectivity index is 2.28. The zero-order chi connectivity index (χ0) is 13.7. The van der Waals surface area contributed by atoms with E-state index in [0.717, 1.165) is 30.1 Å². The van der Waals surface area contributed by atoms with E-state index in [4.69, 9.17) is 4.74 Å². The normalized spacial score (nSPS) is 10.4. The van der Waals surface area contributed by atoms with Crippen LogP contribution in [0.4, 0.5) is 0 Å². The minimum Gasteiger partial charge on any atom is -0.492 e. The Hall–Kier alpha value is -1.82. The summed E-state index contributed by atoms with van der Waals surface area (Å²) in [7, 11) is 0. The van der Waals surface area contributed by atoms with Crippen molar-refractivity contribution >= 4 is 17.3 Å². The zero-order valence-electron chi connectivity index (χ0n) is 10.9. The minimum absolute atomic E-state index is 0.0903. The molecule has 0 saturated heterocycles. The topological polar surface area (TPSA) is 65.0 Å². The summed E-state index contributed by atoms with van der Waals surface area (Å²) in [6.45, 7) is 4.48. The van der Waals surface area contributed by atoms with E-state index in [9.17, 15) is 4.79 Å². The number of nitrogens with zero attached hydrogens (tertiary/aromatic N) is 3. The molecule has 0 saturated carbocycles. The Morgan fingerprint density at radius 2 is 2.21 bits per heavy atom. The first-order valence-electron chi connectivity index (χ1n) is 6.20. The van der Waals surface area contributed by atoms with Gasteiger partial charge in [-0.1, -0.05) is 17.8 Å². The maximum atomic E-state index is 12.4. The van der Waals surface area contributed by atoms with Crippen molar-refractivity contribution in [1.29, 1.82) is 0 Å². The third kappa shape index (κ3) is 3.14. The maximum absolute atomic E-state index is 12.4. The van der Waals surface area contributed by atoms with Gasteiger partial charge in [0.15, 0.2) is 0 Å². The molecule has 0 aliphatic carbocycles.